The zero-order valence-electron chi connectivity index (χ0n) is 10.8. The molecule has 0 unspecified atom stereocenters. The van der Waals surface area contributed by atoms with Gasteiger partial charge in [-0.1, -0.05) is 13.8 Å². The highest BCUT2D eigenvalue weighted by Crippen LogP contribution is 2.21. The van der Waals surface area contributed by atoms with Crippen LogP contribution >= 0.6 is 0 Å². The largest absolute Gasteiger partial charge is 0.507 e. The van der Waals surface area contributed by atoms with E-state index in [4.69, 9.17) is 5.11 Å². The molecule has 0 radical (unpaired) electrons. The minimum Gasteiger partial charge on any atom is -0.507 e. The summed E-state index contributed by atoms with van der Waals surface area (Å²) in [6.45, 7) is 4.22. The van der Waals surface area contributed by atoms with E-state index in [1.54, 1.807) is 0 Å². The third-order valence-corrected chi connectivity index (χ3v) is 3.98. The molecule has 0 aliphatic carbocycles. The normalized spacial score (nSPS) is 11.7. The van der Waals surface area contributed by atoms with E-state index in [1.165, 1.54) is 6.07 Å². The Balaban J connectivity index is 2.96. The molecule has 106 valence electrons. The quantitative estimate of drug-likeness (QED) is 0.734. The number of aromatic carboxylic acids is 1. The number of carbonyl (C=O) groups is 1. The molecule has 1 aromatic rings. The Morgan fingerprint density at radius 3 is 2.53 bits per heavy atom. The number of carboxylic acids is 1. The number of aromatic hydroxyl groups is 1. The summed E-state index contributed by atoms with van der Waals surface area (Å²) in [5, 5.41) is 18.2. The molecule has 0 atom stereocenters. The van der Waals surface area contributed by atoms with Crippen molar-refractivity contribution in [3.8, 4) is 5.75 Å². The van der Waals surface area contributed by atoms with Gasteiger partial charge < -0.3 is 10.2 Å². The van der Waals surface area contributed by atoms with Gasteiger partial charge in [0.1, 0.15) is 11.3 Å². The first-order valence-corrected chi connectivity index (χ1v) is 7.28. The average molecular weight is 287 g/mol. The third-order valence-electron chi connectivity index (χ3n) is 2.52. The molecule has 6 nitrogen and oxygen atoms in total. The maximum absolute atomic E-state index is 11.9. The number of hydrogen-bond donors (Lipinski definition) is 3. The summed E-state index contributed by atoms with van der Waals surface area (Å²) >= 11 is 0. The first-order valence-electron chi connectivity index (χ1n) is 5.80. The van der Waals surface area contributed by atoms with Crippen LogP contribution in [0.5, 0.6) is 5.75 Å². The molecule has 0 amide bonds. The minimum atomic E-state index is -3.75. The zero-order valence-corrected chi connectivity index (χ0v) is 11.6. The Morgan fingerprint density at radius 2 is 2.00 bits per heavy atom. The molecular weight excluding hydrogens is 270 g/mol. The molecule has 0 heterocycles. The Hall–Kier alpha value is -1.60. The summed E-state index contributed by atoms with van der Waals surface area (Å²) in [5.41, 5.74) is -0.438. The maximum atomic E-state index is 11.9. The Labute approximate surface area is 112 Å². The van der Waals surface area contributed by atoms with Crippen LogP contribution in [0, 0.1) is 5.92 Å². The van der Waals surface area contributed by atoms with E-state index in [1.807, 2.05) is 13.8 Å². The van der Waals surface area contributed by atoms with Crippen molar-refractivity contribution >= 4 is 16.0 Å². The molecule has 0 bridgehead atoms. The van der Waals surface area contributed by atoms with Gasteiger partial charge in [-0.2, -0.15) is 0 Å². The lowest BCUT2D eigenvalue weighted by atomic mass is 10.1. The lowest BCUT2D eigenvalue weighted by Crippen LogP contribution is -2.25. The number of phenols is 1. The van der Waals surface area contributed by atoms with Crippen molar-refractivity contribution < 1.29 is 23.4 Å². The number of nitrogens with one attached hydrogen (secondary N) is 1. The summed E-state index contributed by atoms with van der Waals surface area (Å²) in [7, 11) is -3.75. The monoisotopic (exact) mass is 287 g/mol. The molecule has 0 aliphatic rings. The van der Waals surface area contributed by atoms with E-state index in [0.29, 0.717) is 12.3 Å². The third kappa shape index (κ3) is 4.22. The highest BCUT2D eigenvalue weighted by Gasteiger charge is 2.18. The van der Waals surface area contributed by atoms with Gasteiger partial charge in [0.2, 0.25) is 10.0 Å². The van der Waals surface area contributed by atoms with Crippen molar-refractivity contribution in [2.45, 2.75) is 25.2 Å². The fourth-order valence-electron chi connectivity index (χ4n) is 1.42. The summed E-state index contributed by atoms with van der Waals surface area (Å²) in [4.78, 5) is 10.7. The molecule has 0 saturated carbocycles. The summed E-state index contributed by atoms with van der Waals surface area (Å²) in [6.07, 6.45) is 0.684. The summed E-state index contributed by atoms with van der Waals surface area (Å²) in [6, 6.07) is 3.16. The van der Waals surface area contributed by atoms with E-state index < -0.39 is 27.3 Å². The number of benzene rings is 1. The second kappa shape index (κ2) is 6.03. The van der Waals surface area contributed by atoms with E-state index in [-0.39, 0.29) is 11.4 Å². The van der Waals surface area contributed by atoms with Gasteiger partial charge in [-0.25, -0.2) is 17.9 Å². The van der Waals surface area contributed by atoms with Crippen LogP contribution in [0.1, 0.15) is 30.6 Å². The second-order valence-electron chi connectivity index (χ2n) is 4.56. The zero-order chi connectivity index (χ0) is 14.6. The molecular formula is C12H17NO5S. The van der Waals surface area contributed by atoms with Crippen molar-refractivity contribution in [2.24, 2.45) is 5.92 Å². The van der Waals surface area contributed by atoms with Crippen LogP contribution in [0.3, 0.4) is 0 Å². The number of rotatable bonds is 6. The molecule has 0 aromatic heterocycles. The van der Waals surface area contributed by atoms with Crippen LogP contribution in [0.15, 0.2) is 23.1 Å². The van der Waals surface area contributed by atoms with Crippen LogP contribution in [-0.4, -0.2) is 31.1 Å². The first-order chi connectivity index (χ1) is 8.74. The molecule has 0 saturated heterocycles. The number of hydrogen-bond acceptors (Lipinski definition) is 4. The van der Waals surface area contributed by atoms with Crippen LogP contribution in [0.25, 0.3) is 0 Å². The van der Waals surface area contributed by atoms with Crippen molar-refractivity contribution in [3.05, 3.63) is 23.8 Å². The number of sulfonamides is 1. The van der Waals surface area contributed by atoms with Crippen LogP contribution in [0.4, 0.5) is 0 Å². The lowest BCUT2D eigenvalue weighted by Gasteiger charge is -2.09. The predicted octanol–water partition coefficient (Wildman–Crippen LogP) is 1.41. The van der Waals surface area contributed by atoms with Gasteiger partial charge in [-0.15, -0.1) is 0 Å². The van der Waals surface area contributed by atoms with Gasteiger partial charge >= 0.3 is 5.97 Å². The SMILES string of the molecule is CC(C)CCNS(=O)(=O)c1ccc(O)c(C(=O)O)c1. The molecule has 0 fully saturated rings. The fraction of sp³-hybridized carbons (Fsp3) is 0.417. The van der Waals surface area contributed by atoms with Gasteiger partial charge in [0.25, 0.3) is 0 Å². The fourth-order valence-corrected chi connectivity index (χ4v) is 2.49. The second-order valence-corrected chi connectivity index (χ2v) is 6.33. The van der Waals surface area contributed by atoms with Crippen LogP contribution in [-0.2, 0) is 10.0 Å². The molecule has 3 N–H and O–H groups in total. The molecule has 1 aromatic carbocycles. The van der Waals surface area contributed by atoms with Crippen molar-refractivity contribution in [2.75, 3.05) is 6.54 Å². The van der Waals surface area contributed by atoms with Crippen LogP contribution in [0.2, 0.25) is 0 Å². The topological polar surface area (TPSA) is 104 Å². The van der Waals surface area contributed by atoms with Gasteiger partial charge in [0.15, 0.2) is 0 Å². The average Bonchev–Trinajstić information content (AvgIpc) is 2.27. The van der Waals surface area contributed by atoms with Crippen molar-refractivity contribution in [3.63, 3.8) is 0 Å². The highest BCUT2D eigenvalue weighted by atomic mass is 32.2. The summed E-state index contributed by atoms with van der Waals surface area (Å²) in [5.74, 6) is -1.48. The maximum Gasteiger partial charge on any atom is 0.339 e. The van der Waals surface area contributed by atoms with Gasteiger partial charge in [0.05, 0.1) is 4.90 Å². The van der Waals surface area contributed by atoms with Crippen LogP contribution < -0.4 is 4.72 Å². The molecule has 0 aliphatic heterocycles. The molecule has 19 heavy (non-hydrogen) atoms. The van der Waals surface area contributed by atoms with Gasteiger partial charge in [-0.05, 0) is 30.5 Å². The Bertz CT molecular complexity index is 565. The first kappa shape index (κ1) is 15.5. The molecule has 0 spiro atoms. The standard InChI is InChI=1S/C12H17NO5S/c1-8(2)5-6-13-19(17,18)9-3-4-11(14)10(7-9)12(15)16/h3-4,7-8,13-14H,5-6H2,1-2H3,(H,15,16). The van der Waals surface area contributed by atoms with Gasteiger partial charge in [0, 0.05) is 6.54 Å². The van der Waals surface area contributed by atoms with Gasteiger partial charge in [-0.3, -0.25) is 0 Å². The Kier molecular flexibility index (Phi) is 4.90. The minimum absolute atomic E-state index is 0.175. The highest BCUT2D eigenvalue weighted by molar-refractivity contribution is 7.89. The summed E-state index contributed by atoms with van der Waals surface area (Å²) < 4.78 is 26.2. The smallest absolute Gasteiger partial charge is 0.339 e. The van der Waals surface area contributed by atoms with Crippen molar-refractivity contribution in [1.29, 1.82) is 0 Å². The van der Waals surface area contributed by atoms with Crippen molar-refractivity contribution in [1.82, 2.24) is 4.72 Å². The molecule has 1 rings (SSSR count). The number of carboxylic acid groups (broad SMARTS) is 1. The van der Waals surface area contributed by atoms with E-state index in [0.717, 1.165) is 12.1 Å². The Morgan fingerprint density at radius 1 is 1.37 bits per heavy atom. The molecule has 7 heteroatoms. The van der Waals surface area contributed by atoms with E-state index >= 15 is 0 Å². The predicted molar refractivity (Wildman–Crippen MR) is 69.7 cm³/mol. The van der Waals surface area contributed by atoms with E-state index in [2.05, 4.69) is 4.72 Å². The van der Waals surface area contributed by atoms with E-state index in [9.17, 15) is 18.3 Å². The lowest BCUT2D eigenvalue weighted by molar-refractivity contribution is 0.0693.